The minimum absolute atomic E-state index is 0.0996. The molecule has 1 saturated carbocycles. The van der Waals surface area contributed by atoms with Crippen LogP contribution in [0.3, 0.4) is 0 Å². The number of carbonyl (C=O) groups is 1. The lowest BCUT2D eigenvalue weighted by atomic mass is 9.73. The molecule has 0 radical (unpaired) electrons. The van der Waals surface area contributed by atoms with Gasteiger partial charge in [0.15, 0.2) is 0 Å². The maximum Gasteiger partial charge on any atom is 0.223 e. The van der Waals surface area contributed by atoms with E-state index in [0.717, 1.165) is 61.8 Å². The van der Waals surface area contributed by atoms with Gasteiger partial charge in [0.1, 0.15) is 5.75 Å². The maximum absolute atomic E-state index is 12.2. The third kappa shape index (κ3) is 4.07. The summed E-state index contributed by atoms with van der Waals surface area (Å²) in [6, 6.07) is 8.10. The zero-order valence-electron chi connectivity index (χ0n) is 16.6. The number of hydrogen-bond acceptors (Lipinski definition) is 4. The second-order valence-corrected chi connectivity index (χ2v) is 8.30. The largest absolute Gasteiger partial charge is 0.494 e. The van der Waals surface area contributed by atoms with Crippen molar-refractivity contribution in [2.75, 3.05) is 19.7 Å². The number of ether oxygens (including phenoxy) is 1. The highest BCUT2D eigenvalue weighted by atomic mass is 16.5. The molecule has 1 aromatic heterocycles. The highest BCUT2D eigenvalue weighted by molar-refractivity contribution is 5.81. The molecule has 1 aliphatic heterocycles. The first-order chi connectivity index (χ1) is 13.6. The summed E-state index contributed by atoms with van der Waals surface area (Å²) in [5, 5.41) is 7.41. The van der Waals surface area contributed by atoms with Gasteiger partial charge >= 0.3 is 0 Å². The van der Waals surface area contributed by atoms with E-state index in [9.17, 15) is 4.79 Å². The summed E-state index contributed by atoms with van der Waals surface area (Å²) in [4.78, 5) is 14.6. The first-order valence-corrected chi connectivity index (χ1v) is 10.4. The minimum atomic E-state index is -0.286. The van der Waals surface area contributed by atoms with Gasteiger partial charge in [-0.25, -0.2) is 0 Å². The van der Waals surface area contributed by atoms with E-state index in [1.807, 2.05) is 25.3 Å². The number of nitrogens with two attached hydrogens (primary N) is 1. The molecule has 1 aliphatic carbocycles. The number of piperidine rings is 1. The number of likely N-dealkylation sites (tertiary alicyclic amines) is 1. The van der Waals surface area contributed by atoms with Gasteiger partial charge in [0, 0.05) is 17.7 Å². The molecule has 6 nitrogen and oxygen atoms in total. The Kier molecular flexibility index (Phi) is 5.40. The van der Waals surface area contributed by atoms with Crippen molar-refractivity contribution >= 4 is 5.91 Å². The van der Waals surface area contributed by atoms with Crippen molar-refractivity contribution in [2.45, 2.75) is 45.6 Å². The Morgan fingerprint density at radius 1 is 1.29 bits per heavy atom. The van der Waals surface area contributed by atoms with Crippen LogP contribution in [0.25, 0.3) is 11.3 Å². The van der Waals surface area contributed by atoms with Crippen molar-refractivity contribution < 1.29 is 9.53 Å². The fourth-order valence-electron chi connectivity index (χ4n) is 4.37. The van der Waals surface area contributed by atoms with Crippen LogP contribution in [-0.4, -0.2) is 40.7 Å². The maximum atomic E-state index is 12.2. The van der Waals surface area contributed by atoms with Crippen molar-refractivity contribution in [2.24, 2.45) is 17.1 Å². The van der Waals surface area contributed by atoms with Gasteiger partial charge in [0.2, 0.25) is 5.91 Å². The number of nitrogens with zero attached hydrogens (tertiary/aromatic N) is 2. The van der Waals surface area contributed by atoms with Crippen molar-refractivity contribution in [1.29, 1.82) is 0 Å². The Morgan fingerprint density at radius 3 is 2.61 bits per heavy atom. The van der Waals surface area contributed by atoms with E-state index < -0.39 is 0 Å². The van der Waals surface area contributed by atoms with Crippen molar-refractivity contribution in [1.82, 2.24) is 15.1 Å². The monoisotopic (exact) mass is 382 g/mol. The average molecular weight is 383 g/mol. The highest BCUT2D eigenvalue weighted by Gasteiger charge is 2.43. The number of amides is 1. The second-order valence-electron chi connectivity index (χ2n) is 8.30. The lowest BCUT2D eigenvalue weighted by Crippen LogP contribution is -2.47. The van der Waals surface area contributed by atoms with Crippen molar-refractivity contribution in [3.8, 4) is 17.0 Å². The molecule has 4 rings (SSSR count). The summed E-state index contributed by atoms with van der Waals surface area (Å²) >= 11 is 0. The molecule has 2 heterocycles. The number of rotatable bonds is 8. The molecule has 28 heavy (non-hydrogen) atoms. The van der Waals surface area contributed by atoms with E-state index in [4.69, 9.17) is 10.5 Å². The number of hydrogen-bond donors (Lipinski definition) is 2. The molecule has 6 heteroatoms. The average Bonchev–Trinajstić information content (AvgIpc) is 3.39. The minimum Gasteiger partial charge on any atom is -0.494 e. The fourth-order valence-corrected chi connectivity index (χ4v) is 4.37. The second kappa shape index (κ2) is 7.95. The SMILES string of the molecule is CCOc1ccc(-c2[nH]ncc2CN2CCC(CC3CC3)(C(N)=O)CC2)cc1. The third-order valence-electron chi connectivity index (χ3n) is 6.28. The number of aromatic amines is 1. The van der Waals surface area contributed by atoms with E-state index in [-0.39, 0.29) is 11.3 Å². The van der Waals surface area contributed by atoms with E-state index in [2.05, 4.69) is 27.2 Å². The Morgan fingerprint density at radius 2 is 2.00 bits per heavy atom. The zero-order chi connectivity index (χ0) is 19.6. The Hall–Kier alpha value is -2.34. The van der Waals surface area contributed by atoms with Crippen molar-refractivity contribution in [3.05, 3.63) is 36.0 Å². The number of carbonyl (C=O) groups excluding carboxylic acids is 1. The molecule has 2 aromatic rings. The predicted octanol–water partition coefficient (Wildman–Crippen LogP) is 3.34. The Bertz CT molecular complexity index is 802. The van der Waals surface area contributed by atoms with Crippen LogP contribution in [0.4, 0.5) is 0 Å². The lowest BCUT2D eigenvalue weighted by molar-refractivity contribution is -0.131. The molecule has 0 unspecified atom stereocenters. The lowest BCUT2D eigenvalue weighted by Gasteiger charge is -2.40. The van der Waals surface area contributed by atoms with E-state index in [1.165, 1.54) is 18.4 Å². The first kappa shape index (κ1) is 19.0. The highest BCUT2D eigenvalue weighted by Crippen LogP contribution is 2.45. The molecular weight excluding hydrogens is 352 g/mol. The summed E-state index contributed by atoms with van der Waals surface area (Å²) in [6.45, 7) is 5.29. The molecule has 0 bridgehead atoms. The molecule has 0 atom stereocenters. The summed E-state index contributed by atoms with van der Waals surface area (Å²) in [6.07, 6.45) is 7.16. The van der Waals surface area contributed by atoms with Gasteiger partial charge in [-0.2, -0.15) is 5.10 Å². The molecule has 0 spiro atoms. The van der Waals surface area contributed by atoms with Crippen molar-refractivity contribution in [3.63, 3.8) is 0 Å². The number of H-pyrrole nitrogens is 1. The number of primary amides is 1. The summed E-state index contributed by atoms with van der Waals surface area (Å²) in [5.74, 6) is 1.50. The first-order valence-electron chi connectivity index (χ1n) is 10.4. The van der Waals surface area contributed by atoms with Gasteiger partial charge in [-0.05, 0) is 69.5 Å². The molecule has 1 saturated heterocycles. The van der Waals surface area contributed by atoms with Crippen LogP contribution in [0.2, 0.25) is 0 Å². The van der Waals surface area contributed by atoms with Gasteiger partial charge in [-0.15, -0.1) is 0 Å². The van der Waals surface area contributed by atoms with Crippen LogP contribution in [0.5, 0.6) is 5.75 Å². The molecule has 2 fully saturated rings. The third-order valence-corrected chi connectivity index (χ3v) is 6.28. The van der Waals surface area contributed by atoms with E-state index >= 15 is 0 Å². The van der Waals surface area contributed by atoms with Crippen LogP contribution >= 0.6 is 0 Å². The zero-order valence-corrected chi connectivity index (χ0v) is 16.6. The number of benzene rings is 1. The Balaban J connectivity index is 1.41. The summed E-state index contributed by atoms with van der Waals surface area (Å²) < 4.78 is 5.53. The van der Waals surface area contributed by atoms with Gasteiger partial charge in [0.25, 0.3) is 0 Å². The number of aromatic nitrogens is 2. The predicted molar refractivity (Wildman–Crippen MR) is 109 cm³/mol. The smallest absolute Gasteiger partial charge is 0.223 e. The molecule has 2 aliphatic rings. The van der Waals surface area contributed by atoms with Gasteiger partial charge in [-0.1, -0.05) is 12.8 Å². The van der Waals surface area contributed by atoms with Crippen LogP contribution in [0, 0.1) is 11.3 Å². The van der Waals surface area contributed by atoms with Crippen LogP contribution in [0.15, 0.2) is 30.5 Å². The normalized spacial score (nSPS) is 19.5. The molecule has 150 valence electrons. The van der Waals surface area contributed by atoms with Gasteiger partial charge < -0.3 is 10.5 Å². The van der Waals surface area contributed by atoms with Crippen LogP contribution in [0.1, 0.15) is 44.6 Å². The van der Waals surface area contributed by atoms with E-state index in [0.29, 0.717) is 6.61 Å². The summed E-state index contributed by atoms with van der Waals surface area (Å²) in [7, 11) is 0. The van der Waals surface area contributed by atoms with Crippen LogP contribution < -0.4 is 10.5 Å². The topological polar surface area (TPSA) is 84.2 Å². The van der Waals surface area contributed by atoms with Gasteiger partial charge in [-0.3, -0.25) is 14.8 Å². The van der Waals surface area contributed by atoms with Gasteiger partial charge in [0.05, 0.1) is 23.9 Å². The standard InChI is InChI=1S/C22H30N4O2/c1-2-28-19-7-5-17(6-8-19)20-18(14-24-25-20)15-26-11-9-22(10-12-26,21(23)27)13-16-3-4-16/h5-8,14,16H,2-4,9-13,15H2,1H3,(H2,23,27)(H,24,25). The molecule has 3 N–H and O–H groups in total. The Labute approximate surface area is 166 Å². The van der Waals surface area contributed by atoms with Crippen LogP contribution in [-0.2, 0) is 11.3 Å². The molecular formula is C22H30N4O2. The van der Waals surface area contributed by atoms with E-state index in [1.54, 1.807) is 0 Å². The fraction of sp³-hybridized carbons (Fsp3) is 0.545. The molecule has 1 aromatic carbocycles. The summed E-state index contributed by atoms with van der Waals surface area (Å²) in [5.41, 5.74) is 8.86. The number of nitrogens with one attached hydrogen (secondary N) is 1. The quantitative estimate of drug-likeness (QED) is 0.733. The molecule has 1 amide bonds.